The summed E-state index contributed by atoms with van der Waals surface area (Å²) in [6.07, 6.45) is -4.49. The Morgan fingerprint density at radius 2 is 1.61 bits per heavy atom. The van der Waals surface area contributed by atoms with Crippen LogP contribution in [-0.2, 0) is 6.18 Å². The van der Waals surface area contributed by atoms with E-state index in [4.69, 9.17) is 4.42 Å². The summed E-state index contributed by atoms with van der Waals surface area (Å²) in [5, 5.41) is 19.4. The molecule has 3 rings (SSSR count). The minimum Gasteiger partial charge on any atom is -0.508 e. The Hall–Kier alpha value is -2.96. The lowest BCUT2D eigenvalue weighted by molar-refractivity contribution is -0.137. The first-order chi connectivity index (χ1) is 10.8. The van der Waals surface area contributed by atoms with Crippen LogP contribution in [0, 0.1) is 0 Å². The van der Waals surface area contributed by atoms with Crippen LogP contribution in [-0.4, -0.2) is 10.2 Å². The molecule has 0 atom stereocenters. The van der Waals surface area contributed by atoms with Gasteiger partial charge in [0.15, 0.2) is 5.76 Å². The molecule has 0 unspecified atom stereocenters. The van der Waals surface area contributed by atoms with Crippen LogP contribution in [0.15, 0.2) is 51.7 Å². The number of hydrogen-bond acceptors (Lipinski definition) is 4. The number of phenols is 1. The van der Waals surface area contributed by atoms with Gasteiger partial charge in [-0.1, -0.05) is 12.1 Å². The highest BCUT2D eigenvalue weighted by atomic mass is 19.4. The molecule has 0 saturated heterocycles. The van der Waals surface area contributed by atoms with Crippen molar-refractivity contribution in [3.8, 4) is 22.8 Å². The third-order valence-corrected chi connectivity index (χ3v) is 3.33. The molecular formula is C16H9F3O4. The van der Waals surface area contributed by atoms with Crippen LogP contribution >= 0.6 is 0 Å². The predicted octanol–water partition coefficient (Wildman–Crippen LogP) is 3.89. The maximum absolute atomic E-state index is 12.6. The molecule has 0 aliphatic carbocycles. The lowest BCUT2D eigenvalue weighted by atomic mass is 10.1. The molecule has 23 heavy (non-hydrogen) atoms. The SMILES string of the molecule is O=c1c(O)c(-c2ccc(C(F)(F)F)cc2)oc2cc(O)ccc12. The predicted molar refractivity (Wildman–Crippen MR) is 76.3 cm³/mol. The van der Waals surface area contributed by atoms with E-state index in [9.17, 15) is 28.2 Å². The molecule has 1 aromatic heterocycles. The third kappa shape index (κ3) is 2.61. The third-order valence-electron chi connectivity index (χ3n) is 3.33. The first-order valence-electron chi connectivity index (χ1n) is 6.44. The number of rotatable bonds is 1. The van der Waals surface area contributed by atoms with Crippen molar-refractivity contribution in [2.75, 3.05) is 0 Å². The average molecular weight is 322 g/mol. The van der Waals surface area contributed by atoms with Gasteiger partial charge >= 0.3 is 6.18 Å². The highest BCUT2D eigenvalue weighted by Gasteiger charge is 2.30. The van der Waals surface area contributed by atoms with Gasteiger partial charge in [-0.25, -0.2) is 0 Å². The first kappa shape index (κ1) is 15.0. The van der Waals surface area contributed by atoms with Crippen LogP contribution in [0.2, 0.25) is 0 Å². The fourth-order valence-electron chi connectivity index (χ4n) is 2.18. The van der Waals surface area contributed by atoms with Crippen molar-refractivity contribution in [2.24, 2.45) is 0 Å². The number of alkyl halides is 3. The molecule has 0 bridgehead atoms. The van der Waals surface area contributed by atoms with Gasteiger partial charge < -0.3 is 14.6 Å². The minimum absolute atomic E-state index is 0.0164. The van der Waals surface area contributed by atoms with Gasteiger partial charge in [-0.05, 0) is 24.3 Å². The highest BCUT2D eigenvalue weighted by Crippen LogP contribution is 2.34. The van der Waals surface area contributed by atoms with Crippen LogP contribution in [0.4, 0.5) is 13.2 Å². The van der Waals surface area contributed by atoms with Crippen LogP contribution < -0.4 is 5.43 Å². The summed E-state index contributed by atoms with van der Waals surface area (Å²) in [6.45, 7) is 0. The summed E-state index contributed by atoms with van der Waals surface area (Å²) in [7, 11) is 0. The molecule has 118 valence electrons. The Balaban J connectivity index is 2.20. The topological polar surface area (TPSA) is 70.7 Å². The summed E-state index contributed by atoms with van der Waals surface area (Å²) < 4.78 is 43.1. The number of fused-ring (bicyclic) bond motifs is 1. The molecule has 7 heteroatoms. The number of aromatic hydroxyl groups is 2. The van der Waals surface area contributed by atoms with Gasteiger partial charge in [0, 0.05) is 11.6 Å². The zero-order valence-corrected chi connectivity index (χ0v) is 11.4. The van der Waals surface area contributed by atoms with Crippen molar-refractivity contribution in [1.29, 1.82) is 0 Å². The highest BCUT2D eigenvalue weighted by molar-refractivity contribution is 5.82. The second-order valence-corrected chi connectivity index (χ2v) is 4.86. The number of hydrogen-bond donors (Lipinski definition) is 2. The molecule has 0 aliphatic rings. The van der Waals surface area contributed by atoms with Gasteiger partial charge in [0.1, 0.15) is 11.3 Å². The zero-order valence-electron chi connectivity index (χ0n) is 11.4. The number of phenolic OH excluding ortho intramolecular Hbond substituents is 1. The van der Waals surface area contributed by atoms with E-state index in [1.165, 1.54) is 18.2 Å². The average Bonchev–Trinajstić information content (AvgIpc) is 2.50. The second kappa shape index (κ2) is 5.05. The van der Waals surface area contributed by atoms with Crippen LogP contribution in [0.25, 0.3) is 22.3 Å². The second-order valence-electron chi connectivity index (χ2n) is 4.86. The van der Waals surface area contributed by atoms with Gasteiger partial charge in [0.25, 0.3) is 0 Å². The number of halogens is 3. The van der Waals surface area contributed by atoms with E-state index in [1.807, 2.05) is 0 Å². The van der Waals surface area contributed by atoms with E-state index in [0.29, 0.717) is 0 Å². The molecule has 2 N–H and O–H groups in total. The smallest absolute Gasteiger partial charge is 0.416 e. The fourth-order valence-corrected chi connectivity index (χ4v) is 2.18. The fraction of sp³-hybridized carbons (Fsp3) is 0.0625. The summed E-state index contributed by atoms with van der Waals surface area (Å²) in [5.41, 5.74) is -1.47. The van der Waals surface area contributed by atoms with Crippen LogP contribution in [0.5, 0.6) is 11.5 Å². The maximum Gasteiger partial charge on any atom is 0.416 e. The molecule has 1 heterocycles. The van der Waals surface area contributed by atoms with Gasteiger partial charge in [0.2, 0.25) is 11.2 Å². The Morgan fingerprint density at radius 1 is 0.957 bits per heavy atom. The molecule has 3 aromatic rings. The number of benzene rings is 2. The quantitative estimate of drug-likeness (QED) is 0.713. The van der Waals surface area contributed by atoms with E-state index in [-0.39, 0.29) is 28.0 Å². The molecular weight excluding hydrogens is 313 g/mol. The van der Waals surface area contributed by atoms with E-state index < -0.39 is 22.9 Å². The van der Waals surface area contributed by atoms with E-state index in [2.05, 4.69) is 0 Å². The molecule has 4 nitrogen and oxygen atoms in total. The van der Waals surface area contributed by atoms with Gasteiger partial charge in [-0.2, -0.15) is 13.2 Å². The van der Waals surface area contributed by atoms with Gasteiger partial charge in [-0.15, -0.1) is 0 Å². The van der Waals surface area contributed by atoms with Crippen molar-refractivity contribution in [1.82, 2.24) is 0 Å². The van der Waals surface area contributed by atoms with Crippen molar-refractivity contribution in [2.45, 2.75) is 6.18 Å². The zero-order chi connectivity index (χ0) is 16.8. The minimum atomic E-state index is -4.49. The van der Waals surface area contributed by atoms with Gasteiger partial charge in [0.05, 0.1) is 10.9 Å². The maximum atomic E-state index is 12.6. The molecule has 0 fully saturated rings. The molecule has 2 aromatic carbocycles. The largest absolute Gasteiger partial charge is 0.508 e. The lowest BCUT2D eigenvalue weighted by Crippen LogP contribution is -2.05. The van der Waals surface area contributed by atoms with Crippen LogP contribution in [0.3, 0.4) is 0 Å². The Bertz CT molecular complexity index is 940. The standard InChI is InChI=1S/C16H9F3O4/c17-16(18,19)9-3-1-8(2-4-9)15-14(22)13(21)11-6-5-10(20)7-12(11)23-15/h1-7,20,22H. The summed E-state index contributed by atoms with van der Waals surface area (Å²) >= 11 is 0. The Morgan fingerprint density at radius 3 is 2.22 bits per heavy atom. The Labute approximate surface area is 127 Å². The Kier molecular flexibility index (Phi) is 3.28. The summed E-state index contributed by atoms with van der Waals surface area (Å²) in [4.78, 5) is 12.1. The molecule has 0 radical (unpaired) electrons. The summed E-state index contributed by atoms with van der Waals surface area (Å²) in [6, 6.07) is 7.56. The van der Waals surface area contributed by atoms with Gasteiger partial charge in [-0.3, -0.25) is 4.79 Å². The van der Waals surface area contributed by atoms with Crippen molar-refractivity contribution in [3.63, 3.8) is 0 Å². The van der Waals surface area contributed by atoms with E-state index >= 15 is 0 Å². The van der Waals surface area contributed by atoms with Crippen molar-refractivity contribution in [3.05, 3.63) is 58.3 Å². The lowest BCUT2D eigenvalue weighted by Gasteiger charge is -2.09. The first-order valence-corrected chi connectivity index (χ1v) is 6.44. The molecule has 0 amide bonds. The molecule has 0 saturated carbocycles. The molecule has 0 aliphatic heterocycles. The van der Waals surface area contributed by atoms with Crippen LogP contribution in [0.1, 0.15) is 5.56 Å². The summed E-state index contributed by atoms with van der Waals surface area (Å²) in [5.74, 6) is -1.12. The van der Waals surface area contributed by atoms with Crippen molar-refractivity contribution >= 4 is 11.0 Å². The molecule has 0 spiro atoms. The monoisotopic (exact) mass is 322 g/mol. The van der Waals surface area contributed by atoms with Crippen molar-refractivity contribution < 1.29 is 27.8 Å². The van der Waals surface area contributed by atoms with E-state index in [1.54, 1.807) is 0 Å². The normalized spacial score (nSPS) is 11.8. The van der Waals surface area contributed by atoms with E-state index in [0.717, 1.165) is 24.3 Å².